The minimum Gasteiger partial charge on any atom is -0.487 e. The van der Waals surface area contributed by atoms with Crippen LogP contribution in [0.5, 0.6) is 5.75 Å². The van der Waals surface area contributed by atoms with Crippen molar-refractivity contribution in [2.45, 2.75) is 33.4 Å². The number of benzene rings is 1. The van der Waals surface area contributed by atoms with Crippen molar-refractivity contribution in [3.8, 4) is 5.75 Å². The molecule has 5 nitrogen and oxygen atoms in total. The summed E-state index contributed by atoms with van der Waals surface area (Å²) in [5.74, 6) is 3.25. The van der Waals surface area contributed by atoms with E-state index in [1.165, 1.54) is 12.0 Å². The van der Waals surface area contributed by atoms with E-state index in [9.17, 15) is 0 Å². The number of hydrogen-bond acceptors (Lipinski definition) is 3. The Labute approximate surface area is 162 Å². The van der Waals surface area contributed by atoms with Crippen molar-refractivity contribution >= 4 is 5.96 Å². The topological polar surface area (TPSA) is 49.8 Å². The fourth-order valence-electron chi connectivity index (χ4n) is 3.74. The third kappa shape index (κ3) is 5.71. The van der Waals surface area contributed by atoms with Crippen molar-refractivity contribution in [1.82, 2.24) is 15.2 Å². The number of guanidine groups is 1. The Morgan fingerprint density at radius 3 is 2.70 bits per heavy atom. The van der Waals surface area contributed by atoms with E-state index < -0.39 is 0 Å². The van der Waals surface area contributed by atoms with Gasteiger partial charge in [0.05, 0.1) is 5.69 Å². The normalized spacial score (nSPS) is 20.4. The van der Waals surface area contributed by atoms with Gasteiger partial charge in [-0.1, -0.05) is 32.0 Å². The number of piperidine rings is 1. The number of nitrogens with one attached hydrogen (secondary N) is 1. The average molecular weight is 367 g/mol. The monoisotopic (exact) mass is 366 g/mol. The van der Waals surface area contributed by atoms with Gasteiger partial charge in [-0.3, -0.25) is 9.98 Å². The van der Waals surface area contributed by atoms with Crippen LogP contribution in [0.15, 0.2) is 53.7 Å². The number of aliphatic imine (C=N–C) groups is 1. The zero-order valence-electron chi connectivity index (χ0n) is 16.6. The van der Waals surface area contributed by atoms with Crippen LogP contribution >= 0.6 is 0 Å². The SMILES string of the molecule is CN=C(NCc1cccc(OCc2ccccn2)c1)N1CC(C)CC(C)C1. The molecule has 0 spiro atoms. The van der Waals surface area contributed by atoms with Crippen molar-refractivity contribution in [2.24, 2.45) is 16.8 Å². The van der Waals surface area contributed by atoms with Gasteiger partial charge in [0.2, 0.25) is 0 Å². The minimum absolute atomic E-state index is 0.475. The average Bonchev–Trinajstić information content (AvgIpc) is 2.67. The molecular formula is C22H30N4O. The smallest absolute Gasteiger partial charge is 0.193 e. The van der Waals surface area contributed by atoms with Crippen LogP contribution in [-0.2, 0) is 13.2 Å². The van der Waals surface area contributed by atoms with E-state index in [0.717, 1.165) is 37.0 Å². The lowest BCUT2D eigenvalue weighted by Crippen LogP contribution is -2.48. The molecule has 0 aliphatic carbocycles. The van der Waals surface area contributed by atoms with E-state index in [1.54, 1.807) is 6.20 Å². The maximum atomic E-state index is 5.88. The number of nitrogens with zero attached hydrogens (tertiary/aromatic N) is 3. The van der Waals surface area contributed by atoms with Crippen LogP contribution in [-0.4, -0.2) is 36.0 Å². The van der Waals surface area contributed by atoms with Crippen molar-refractivity contribution in [3.05, 3.63) is 59.9 Å². The van der Waals surface area contributed by atoms with Gasteiger partial charge in [-0.15, -0.1) is 0 Å². The van der Waals surface area contributed by atoms with Gasteiger partial charge in [0.15, 0.2) is 5.96 Å². The third-order valence-corrected chi connectivity index (χ3v) is 4.84. The highest BCUT2D eigenvalue weighted by molar-refractivity contribution is 5.80. The Morgan fingerprint density at radius 1 is 1.19 bits per heavy atom. The number of rotatable bonds is 5. The van der Waals surface area contributed by atoms with E-state index in [2.05, 4.69) is 46.2 Å². The zero-order valence-corrected chi connectivity index (χ0v) is 16.6. The van der Waals surface area contributed by atoms with Crippen LogP contribution in [0, 0.1) is 11.8 Å². The van der Waals surface area contributed by atoms with Gasteiger partial charge in [0, 0.05) is 32.9 Å². The van der Waals surface area contributed by atoms with Crippen LogP contribution in [0.25, 0.3) is 0 Å². The molecule has 144 valence electrons. The molecule has 1 fully saturated rings. The first-order valence-corrected chi connectivity index (χ1v) is 9.71. The first-order valence-electron chi connectivity index (χ1n) is 9.71. The van der Waals surface area contributed by atoms with Gasteiger partial charge in [-0.25, -0.2) is 0 Å². The van der Waals surface area contributed by atoms with Gasteiger partial charge in [0.1, 0.15) is 12.4 Å². The van der Waals surface area contributed by atoms with Gasteiger partial charge in [-0.2, -0.15) is 0 Å². The lowest BCUT2D eigenvalue weighted by atomic mass is 9.92. The Morgan fingerprint density at radius 2 is 2.00 bits per heavy atom. The molecule has 2 atom stereocenters. The van der Waals surface area contributed by atoms with E-state index in [-0.39, 0.29) is 0 Å². The largest absolute Gasteiger partial charge is 0.487 e. The highest BCUT2D eigenvalue weighted by Crippen LogP contribution is 2.21. The summed E-state index contributed by atoms with van der Waals surface area (Å²) in [5, 5.41) is 3.51. The molecular weight excluding hydrogens is 336 g/mol. The van der Waals surface area contributed by atoms with E-state index in [4.69, 9.17) is 4.74 Å². The molecule has 1 N–H and O–H groups in total. The molecule has 1 aliphatic rings. The first kappa shape index (κ1) is 19.2. The minimum atomic E-state index is 0.475. The number of pyridine rings is 1. The molecule has 2 unspecified atom stereocenters. The van der Waals surface area contributed by atoms with Crippen molar-refractivity contribution in [3.63, 3.8) is 0 Å². The lowest BCUT2D eigenvalue weighted by Gasteiger charge is -2.37. The van der Waals surface area contributed by atoms with Crippen LogP contribution in [0.4, 0.5) is 0 Å². The third-order valence-electron chi connectivity index (χ3n) is 4.84. The number of likely N-dealkylation sites (tertiary alicyclic amines) is 1. The second-order valence-electron chi connectivity index (χ2n) is 7.51. The summed E-state index contributed by atoms with van der Waals surface area (Å²) in [6, 6.07) is 14.0. The van der Waals surface area contributed by atoms with Crippen LogP contribution in [0.2, 0.25) is 0 Å². The molecule has 2 heterocycles. The summed E-state index contributed by atoms with van der Waals surface area (Å²) in [4.78, 5) is 11.2. The molecule has 1 aliphatic heterocycles. The van der Waals surface area contributed by atoms with Crippen molar-refractivity contribution in [2.75, 3.05) is 20.1 Å². The lowest BCUT2D eigenvalue weighted by molar-refractivity contribution is 0.208. The van der Waals surface area contributed by atoms with Crippen molar-refractivity contribution in [1.29, 1.82) is 0 Å². The fourth-order valence-corrected chi connectivity index (χ4v) is 3.74. The number of ether oxygens (including phenoxy) is 1. The first-order chi connectivity index (χ1) is 13.1. The summed E-state index contributed by atoms with van der Waals surface area (Å²) in [7, 11) is 1.86. The second-order valence-corrected chi connectivity index (χ2v) is 7.51. The van der Waals surface area contributed by atoms with Gasteiger partial charge < -0.3 is 15.0 Å². The summed E-state index contributed by atoms with van der Waals surface area (Å²) in [6.07, 6.45) is 3.08. The van der Waals surface area contributed by atoms with E-state index in [0.29, 0.717) is 18.4 Å². The Bertz CT molecular complexity index is 737. The molecule has 0 radical (unpaired) electrons. The molecule has 0 bridgehead atoms. The molecule has 1 saturated heterocycles. The molecule has 3 rings (SSSR count). The predicted molar refractivity (Wildman–Crippen MR) is 110 cm³/mol. The highest BCUT2D eigenvalue weighted by Gasteiger charge is 2.23. The van der Waals surface area contributed by atoms with Gasteiger partial charge in [-0.05, 0) is 48.1 Å². The van der Waals surface area contributed by atoms with Crippen LogP contribution < -0.4 is 10.1 Å². The fraction of sp³-hybridized carbons (Fsp3) is 0.455. The van der Waals surface area contributed by atoms with Crippen molar-refractivity contribution < 1.29 is 4.74 Å². The van der Waals surface area contributed by atoms with E-state index in [1.807, 2.05) is 37.4 Å². The molecule has 0 amide bonds. The Kier molecular flexibility index (Phi) is 6.69. The summed E-state index contributed by atoms with van der Waals surface area (Å²) in [5.41, 5.74) is 2.10. The molecule has 1 aromatic carbocycles. The second kappa shape index (κ2) is 9.40. The quantitative estimate of drug-likeness (QED) is 0.647. The Hall–Kier alpha value is -2.56. The molecule has 2 aromatic rings. The number of hydrogen-bond donors (Lipinski definition) is 1. The maximum absolute atomic E-state index is 5.88. The summed E-state index contributed by atoms with van der Waals surface area (Å²) in [6.45, 7) is 7.97. The molecule has 0 saturated carbocycles. The Balaban J connectivity index is 1.55. The summed E-state index contributed by atoms with van der Waals surface area (Å²) >= 11 is 0. The predicted octanol–water partition coefficient (Wildman–Crippen LogP) is 3.71. The number of aromatic nitrogens is 1. The zero-order chi connectivity index (χ0) is 19.1. The van der Waals surface area contributed by atoms with E-state index >= 15 is 0 Å². The molecule has 5 heteroatoms. The van der Waals surface area contributed by atoms with Crippen LogP contribution in [0.1, 0.15) is 31.5 Å². The standard InChI is InChI=1S/C22H30N4O/c1-17-11-18(2)15-26(14-17)22(23-3)25-13-19-7-6-9-21(12-19)27-16-20-8-4-5-10-24-20/h4-10,12,17-18H,11,13-16H2,1-3H3,(H,23,25). The van der Waals surface area contributed by atoms with Crippen LogP contribution in [0.3, 0.4) is 0 Å². The summed E-state index contributed by atoms with van der Waals surface area (Å²) < 4.78 is 5.88. The van der Waals surface area contributed by atoms with Gasteiger partial charge in [0.25, 0.3) is 0 Å². The van der Waals surface area contributed by atoms with Gasteiger partial charge >= 0.3 is 0 Å². The maximum Gasteiger partial charge on any atom is 0.193 e. The molecule has 27 heavy (non-hydrogen) atoms. The highest BCUT2D eigenvalue weighted by atomic mass is 16.5. The molecule has 1 aromatic heterocycles.